The molecular formula is C17H18BrNO2. The van der Waals surface area contributed by atoms with E-state index in [1.807, 2.05) is 50.2 Å². The molecule has 4 heteroatoms. The number of amides is 1. The standard InChI is InChI=1S/C17H18BrNO2/c1-3-10-21-16-7-5-4-6-15(16)19-17(20)13-8-9-14(18)12(2)11-13/h4-9,11H,3,10H2,1-2H3,(H,19,20). The molecule has 0 fully saturated rings. The molecule has 2 aromatic carbocycles. The third kappa shape index (κ3) is 4.08. The Labute approximate surface area is 133 Å². The maximum Gasteiger partial charge on any atom is 0.255 e. The lowest BCUT2D eigenvalue weighted by Crippen LogP contribution is -2.13. The van der Waals surface area contributed by atoms with Crippen molar-refractivity contribution in [1.82, 2.24) is 0 Å². The van der Waals surface area contributed by atoms with Crippen LogP contribution in [0.25, 0.3) is 0 Å². The molecule has 0 heterocycles. The number of nitrogens with one attached hydrogen (secondary N) is 1. The number of halogens is 1. The number of anilines is 1. The maximum atomic E-state index is 12.3. The van der Waals surface area contributed by atoms with Gasteiger partial charge in [0.05, 0.1) is 12.3 Å². The maximum absolute atomic E-state index is 12.3. The number of benzene rings is 2. The average molecular weight is 348 g/mol. The van der Waals surface area contributed by atoms with Crippen molar-refractivity contribution >= 4 is 27.5 Å². The summed E-state index contributed by atoms with van der Waals surface area (Å²) in [5.41, 5.74) is 2.34. The normalized spacial score (nSPS) is 10.2. The first-order valence-electron chi connectivity index (χ1n) is 6.91. The predicted molar refractivity (Wildman–Crippen MR) is 89.1 cm³/mol. The summed E-state index contributed by atoms with van der Waals surface area (Å²) in [6.45, 7) is 4.63. The van der Waals surface area contributed by atoms with Gasteiger partial charge >= 0.3 is 0 Å². The molecule has 0 unspecified atom stereocenters. The van der Waals surface area contributed by atoms with E-state index < -0.39 is 0 Å². The van der Waals surface area contributed by atoms with Gasteiger partial charge < -0.3 is 10.1 Å². The minimum atomic E-state index is -0.141. The van der Waals surface area contributed by atoms with E-state index in [1.54, 1.807) is 6.07 Å². The summed E-state index contributed by atoms with van der Waals surface area (Å²) < 4.78 is 6.64. The summed E-state index contributed by atoms with van der Waals surface area (Å²) in [6, 6.07) is 13.0. The second kappa shape index (κ2) is 7.27. The van der Waals surface area contributed by atoms with Crippen molar-refractivity contribution in [2.75, 3.05) is 11.9 Å². The highest BCUT2D eigenvalue weighted by atomic mass is 79.9. The number of ether oxygens (including phenoxy) is 1. The molecule has 3 nitrogen and oxygen atoms in total. The van der Waals surface area contributed by atoms with Gasteiger partial charge in [-0.15, -0.1) is 0 Å². The summed E-state index contributed by atoms with van der Waals surface area (Å²) in [4.78, 5) is 12.3. The molecule has 0 bridgehead atoms. The molecule has 2 rings (SSSR count). The molecule has 0 atom stereocenters. The highest BCUT2D eigenvalue weighted by Gasteiger charge is 2.10. The fourth-order valence-corrected chi connectivity index (χ4v) is 2.13. The number of carbonyl (C=O) groups excluding carboxylic acids is 1. The molecular weight excluding hydrogens is 330 g/mol. The Bertz CT molecular complexity index is 640. The lowest BCUT2D eigenvalue weighted by molar-refractivity contribution is 0.102. The smallest absolute Gasteiger partial charge is 0.255 e. The highest BCUT2D eigenvalue weighted by Crippen LogP contribution is 2.25. The first kappa shape index (κ1) is 15.6. The second-order valence-electron chi connectivity index (χ2n) is 4.76. The molecule has 0 aliphatic heterocycles. The van der Waals surface area contributed by atoms with Crippen LogP contribution < -0.4 is 10.1 Å². The van der Waals surface area contributed by atoms with E-state index in [2.05, 4.69) is 21.2 Å². The lowest BCUT2D eigenvalue weighted by atomic mass is 10.1. The zero-order chi connectivity index (χ0) is 15.2. The largest absolute Gasteiger partial charge is 0.491 e. The Morgan fingerprint density at radius 3 is 2.71 bits per heavy atom. The lowest BCUT2D eigenvalue weighted by Gasteiger charge is -2.12. The third-order valence-corrected chi connectivity index (χ3v) is 3.91. The van der Waals surface area contributed by atoms with Crippen LogP contribution in [-0.4, -0.2) is 12.5 Å². The molecule has 0 aliphatic rings. The number of para-hydroxylation sites is 2. The van der Waals surface area contributed by atoms with Gasteiger partial charge in [0.15, 0.2) is 0 Å². The molecule has 21 heavy (non-hydrogen) atoms. The number of hydrogen-bond acceptors (Lipinski definition) is 2. The molecule has 2 aromatic rings. The van der Waals surface area contributed by atoms with Gasteiger partial charge in [-0.2, -0.15) is 0 Å². The fraction of sp³-hybridized carbons (Fsp3) is 0.235. The number of carbonyl (C=O) groups is 1. The molecule has 0 aliphatic carbocycles. The Kier molecular flexibility index (Phi) is 5.39. The summed E-state index contributed by atoms with van der Waals surface area (Å²) in [5, 5.41) is 2.90. The molecule has 0 saturated carbocycles. The van der Waals surface area contributed by atoms with Gasteiger partial charge in [0.1, 0.15) is 5.75 Å². The molecule has 1 amide bonds. The van der Waals surface area contributed by atoms with E-state index in [0.29, 0.717) is 23.6 Å². The monoisotopic (exact) mass is 347 g/mol. The van der Waals surface area contributed by atoms with Crippen molar-refractivity contribution in [2.45, 2.75) is 20.3 Å². The van der Waals surface area contributed by atoms with E-state index >= 15 is 0 Å². The quantitative estimate of drug-likeness (QED) is 0.843. The van der Waals surface area contributed by atoms with Gasteiger partial charge in [0, 0.05) is 10.0 Å². The van der Waals surface area contributed by atoms with Crippen molar-refractivity contribution in [2.24, 2.45) is 0 Å². The molecule has 0 aromatic heterocycles. The summed E-state index contributed by atoms with van der Waals surface area (Å²) >= 11 is 3.43. The number of aryl methyl sites for hydroxylation is 1. The van der Waals surface area contributed by atoms with E-state index in [0.717, 1.165) is 16.5 Å². The van der Waals surface area contributed by atoms with Gasteiger partial charge in [0.25, 0.3) is 5.91 Å². The van der Waals surface area contributed by atoms with Gasteiger partial charge in [-0.25, -0.2) is 0 Å². The minimum absolute atomic E-state index is 0.141. The van der Waals surface area contributed by atoms with Gasteiger partial charge in [-0.05, 0) is 49.2 Å². The topological polar surface area (TPSA) is 38.3 Å². The van der Waals surface area contributed by atoms with Crippen LogP contribution in [0.1, 0.15) is 29.3 Å². The summed E-state index contributed by atoms with van der Waals surface area (Å²) in [6.07, 6.45) is 0.925. The summed E-state index contributed by atoms with van der Waals surface area (Å²) in [5.74, 6) is 0.555. The fourth-order valence-electron chi connectivity index (χ4n) is 1.89. The molecule has 0 spiro atoms. The van der Waals surface area contributed by atoms with Crippen molar-refractivity contribution in [3.63, 3.8) is 0 Å². The second-order valence-corrected chi connectivity index (χ2v) is 5.62. The van der Waals surface area contributed by atoms with Gasteiger partial charge in [-0.1, -0.05) is 35.0 Å². The molecule has 110 valence electrons. The zero-order valence-electron chi connectivity index (χ0n) is 12.2. The van der Waals surface area contributed by atoms with Crippen LogP contribution in [-0.2, 0) is 0 Å². The highest BCUT2D eigenvalue weighted by molar-refractivity contribution is 9.10. The van der Waals surface area contributed by atoms with Crippen LogP contribution in [0.15, 0.2) is 46.9 Å². The van der Waals surface area contributed by atoms with Crippen molar-refractivity contribution in [1.29, 1.82) is 0 Å². The first-order chi connectivity index (χ1) is 10.1. The SMILES string of the molecule is CCCOc1ccccc1NC(=O)c1ccc(Br)c(C)c1. The van der Waals surface area contributed by atoms with Crippen molar-refractivity contribution < 1.29 is 9.53 Å². The minimum Gasteiger partial charge on any atom is -0.491 e. The first-order valence-corrected chi connectivity index (χ1v) is 7.70. The van der Waals surface area contributed by atoms with E-state index in [-0.39, 0.29) is 5.91 Å². The molecule has 0 radical (unpaired) electrons. The van der Waals surface area contributed by atoms with Crippen LogP contribution >= 0.6 is 15.9 Å². The van der Waals surface area contributed by atoms with Gasteiger partial charge in [0.2, 0.25) is 0 Å². The van der Waals surface area contributed by atoms with Crippen LogP contribution in [0.4, 0.5) is 5.69 Å². The van der Waals surface area contributed by atoms with Crippen LogP contribution in [0, 0.1) is 6.92 Å². The van der Waals surface area contributed by atoms with Gasteiger partial charge in [-0.3, -0.25) is 4.79 Å². The Morgan fingerprint density at radius 1 is 1.24 bits per heavy atom. The summed E-state index contributed by atoms with van der Waals surface area (Å²) in [7, 11) is 0. The van der Waals surface area contributed by atoms with Crippen molar-refractivity contribution in [3.05, 3.63) is 58.1 Å². The Hall–Kier alpha value is -1.81. The van der Waals surface area contributed by atoms with Crippen LogP contribution in [0.3, 0.4) is 0 Å². The predicted octanol–water partition coefficient (Wildman–Crippen LogP) is 4.80. The van der Waals surface area contributed by atoms with E-state index in [9.17, 15) is 4.79 Å². The molecule has 0 saturated heterocycles. The van der Waals surface area contributed by atoms with E-state index in [4.69, 9.17) is 4.74 Å². The number of hydrogen-bond donors (Lipinski definition) is 1. The Morgan fingerprint density at radius 2 is 2.00 bits per heavy atom. The van der Waals surface area contributed by atoms with E-state index in [1.165, 1.54) is 0 Å². The van der Waals surface area contributed by atoms with Crippen LogP contribution in [0.5, 0.6) is 5.75 Å². The average Bonchev–Trinajstić information content (AvgIpc) is 2.49. The third-order valence-electron chi connectivity index (χ3n) is 3.02. The Balaban J connectivity index is 2.17. The van der Waals surface area contributed by atoms with Crippen LogP contribution in [0.2, 0.25) is 0 Å². The zero-order valence-corrected chi connectivity index (χ0v) is 13.7. The van der Waals surface area contributed by atoms with Crippen molar-refractivity contribution in [3.8, 4) is 5.75 Å². The number of rotatable bonds is 5. The molecule has 1 N–H and O–H groups in total.